The van der Waals surface area contributed by atoms with Gasteiger partial charge >= 0.3 is 0 Å². The predicted molar refractivity (Wildman–Crippen MR) is 100 cm³/mol. The van der Waals surface area contributed by atoms with E-state index in [2.05, 4.69) is 15.5 Å². The first kappa shape index (κ1) is 17.5. The fourth-order valence-corrected chi connectivity index (χ4v) is 2.80. The van der Waals surface area contributed by atoms with Crippen molar-refractivity contribution < 1.29 is 14.3 Å². The van der Waals surface area contributed by atoms with Crippen LogP contribution in [0.4, 0.5) is 5.69 Å². The number of nitrogens with one attached hydrogen (secondary N) is 1. The maximum Gasteiger partial charge on any atom is 0.273 e. The van der Waals surface area contributed by atoms with E-state index in [1.165, 1.54) is 0 Å². The van der Waals surface area contributed by atoms with Crippen LogP contribution in [0.15, 0.2) is 36.4 Å². The Morgan fingerprint density at radius 1 is 1.12 bits per heavy atom. The van der Waals surface area contributed by atoms with Gasteiger partial charge in [0.15, 0.2) is 5.69 Å². The molecule has 7 nitrogen and oxygen atoms in total. The van der Waals surface area contributed by atoms with E-state index in [9.17, 15) is 4.79 Å². The molecule has 1 heterocycles. The molecule has 7 heteroatoms. The molecule has 3 rings (SSSR count). The summed E-state index contributed by atoms with van der Waals surface area (Å²) in [5.41, 5.74) is 8.80. The van der Waals surface area contributed by atoms with Crippen molar-refractivity contribution in [1.82, 2.24) is 15.5 Å². The number of hydrogen-bond donors (Lipinski definition) is 2. The van der Waals surface area contributed by atoms with Crippen molar-refractivity contribution >= 4 is 22.5 Å². The smallest absolute Gasteiger partial charge is 0.273 e. The Labute approximate surface area is 151 Å². The number of carbonyl (C=O) groups excluding carboxylic acids is 1. The summed E-state index contributed by atoms with van der Waals surface area (Å²) in [6, 6.07) is 11.1. The van der Waals surface area contributed by atoms with Crippen LogP contribution in [0.1, 0.15) is 17.4 Å². The molecule has 26 heavy (non-hydrogen) atoms. The largest absolute Gasteiger partial charge is 0.497 e. The van der Waals surface area contributed by atoms with Crippen molar-refractivity contribution in [2.24, 2.45) is 0 Å². The number of rotatable bonds is 5. The Hall–Kier alpha value is -3.35. The van der Waals surface area contributed by atoms with Crippen molar-refractivity contribution in [1.29, 1.82) is 0 Å². The fourth-order valence-electron chi connectivity index (χ4n) is 2.80. The molecule has 0 aliphatic heterocycles. The van der Waals surface area contributed by atoms with E-state index in [1.807, 2.05) is 43.3 Å². The fraction of sp³-hybridized carbons (Fsp3) is 0.211. The highest BCUT2D eigenvalue weighted by Gasteiger charge is 2.18. The van der Waals surface area contributed by atoms with Gasteiger partial charge < -0.3 is 20.5 Å². The lowest BCUT2D eigenvalue weighted by molar-refractivity contribution is 0.0951. The minimum atomic E-state index is -0.344. The average Bonchev–Trinajstić information content (AvgIpc) is 2.67. The number of anilines is 1. The summed E-state index contributed by atoms with van der Waals surface area (Å²) >= 11 is 0. The Kier molecular flexibility index (Phi) is 4.88. The lowest BCUT2D eigenvalue weighted by atomic mass is 10.00. The normalized spacial score (nSPS) is 10.6. The summed E-state index contributed by atoms with van der Waals surface area (Å²) in [5, 5.41) is 11.7. The molecule has 0 atom stereocenters. The van der Waals surface area contributed by atoms with Crippen LogP contribution < -0.4 is 20.5 Å². The zero-order valence-corrected chi connectivity index (χ0v) is 14.9. The van der Waals surface area contributed by atoms with Gasteiger partial charge in [0.2, 0.25) is 0 Å². The van der Waals surface area contributed by atoms with Crippen LogP contribution in [-0.4, -0.2) is 36.9 Å². The number of fused-ring (bicyclic) bond motifs is 1. The number of nitrogens with zero attached hydrogens (tertiary/aromatic N) is 2. The number of hydrogen-bond acceptors (Lipinski definition) is 6. The molecule has 3 aromatic rings. The molecule has 0 fully saturated rings. The predicted octanol–water partition coefficient (Wildman–Crippen LogP) is 2.65. The van der Waals surface area contributed by atoms with Gasteiger partial charge in [-0.3, -0.25) is 4.79 Å². The number of ether oxygens (including phenoxy) is 2. The highest BCUT2D eigenvalue weighted by molar-refractivity contribution is 6.07. The van der Waals surface area contributed by atoms with Gasteiger partial charge in [-0.05, 0) is 25.1 Å². The standard InChI is InChI=1S/C19H20N4O3/c1-4-21-19(24)18-16(20)13-7-5-6-12(17(13)22-23-18)14-10-11(25-2)8-9-15(14)26-3/h5-10H,4H2,1-3H3,(H2,20,22)(H,21,24). The number of nitrogen functional groups attached to an aromatic ring is 1. The van der Waals surface area contributed by atoms with Gasteiger partial charge in [0, 0.05) is 23.1 Å². The van der Waals surface area contributed by atoms with Crippen molar-refractivity contribution in [2.45, 2.75) is 6.92 Å². The average molecular weight is 352 g/mol. The molecule has 134 valence electrons. The molecule has 0 spiro atoms. The molecule has 1 amide bonds. The third-order valence-electron chi connectivity index (χ3n) is 4.08. The first-order valence-electron chi connectivity index (χ1n) is 8.16. The van der Waals surface area contributed by atoms with Crippen molar-refractivity contribution in [3.05, 3.63) is 42.1 Å². The van der Waals surface area contributed by atoms with Gasteiger partial charge in [-0.15, -0.1) is 10.2 Å². The summed E-state index contributed by atoms with van der Waals surface area (Å²) in [4.78, 5) is 12.1. The second kappa shape index (κ2) is 7.26. The molecule has 0 radical (unpaired) electrons. The molecule has 0 bridgehead atoms. The first-order chi connectivity index (χ1) is 12.6. The Balaban J connectivity index is 2.23. The van der Waals surface area contributed by atoms with Gasteiger partial charge in [0.1, 0.15) is 17.0 Å². The Morgan fingerprint density at radius 2 is 1.92 bits per heavy atom. The van der Waals surface area contributed by atoms with Crippen molar-refractivity contribution in [2.75, 3.05) is 26.5 Å². The minimum absolute atomic E-state index is 0.120. The van der Waals surface area contributed by atoms with E-state index in [4.69, 9.17) is 15.2 Å². The Morgan fingerprint density at radius 3 is 2.62 bits per heavy atom. The third kappa shape index (κ3) is 2.99. The molecule has 0 saturated carbocycles. The molecule has 2 aromatic carbocycles. The number of aromatic nitrogens is 2. The van der Waals surface area contributed by atoms with Gasteiger partial charge in [-0.2, -0.15) is 0 Å². The van der Waals surface area contributed by atoms with E-state index in [0.29, 0.717) is 34.6 Å². The minimum Gasteiger partial charge on any atom is -0.497 e. The number of amides is 1. The summed E-state index contributed by atoms with van der Waals surface area (Å²) in [6.45, 7) is 2.31. The van der Waals surface area contributed by atoms with E-state index < -0.39 is 0 Å². The van der Waals surface area contributed by atoms with E-state index >= 15 is 0 Å². The molecular formula is C19H20N4O3. The van der Waals surface area contributed by atoms with Crippen LogP contribution in [0.3, 0.4) is 0 Å². The molecule has 0 saturated heterocycles. The molecule has 0 aliphatic carbocycles. The van der Waals surface area contributed by atoms with E-state index in [1.54, 1.807) is 14.2 Å². The quantitative estimate of drug-likeness (QED) is 0.732. The van der Waals surface area contributed by atoms with Gasteiger partial charge in [0.05, 0.1) is 19.9 Å². The number of carbonyl (C=O) groups is 1. The second-order valence-electron chi connectivity index (χ2n) is 5.59. The third-order valence-corrected chi connectivity index (χ3v) is 4.08. The maximum absolute atomic E-state index is 12.1. The zero-order valence-electron chi connectivity index (χ0n) is 14.9. The van der Waals surface area contributed by atoms with Crippen molar-refractivity contribution in [3.8, 4) is 22.6 Å². The van der Waals surface area contributed by atoms with Crippen LogP contribution >= 0.6 is 0 Å². The first-order valence-corrected chi connectivity index (χ1v) is 8.16. The monoisotopic (exact) mass is 352 g/mol. The second-order valence-corrected chi connectivity index (χ2v) is 5.59. The highest BCUT2D eigenvalue weighted by Crippen LogP contribution is 2.37. The van der Waals surface area contributed by atoms with Gasteiger partial charge in [-0.1, -0.05) is 18.2 Å². The lowest BCUT2D eigenvalue weighted by Crippen LogP contribution is -2.25. The number of nitrogens with two attached hydrogens (primary N) is 1. The topological polar surface area (TPSA) is 99.4 Å². The van der Waals surface area contributed by atoms with Gasteiger partial charge in [0.25, 0.3) is 5.91 Å². The van der Waals surface area contributed by atoms with Crippen LogP contribution in [0.25, 0.3) is 22.0 Å². The summed E-state index contributed by atoms with van der Waals surface area (Å²) in [7, 11) is 3.20. The maximum atomic E-state index is 12.1. The van der Waals surface area contributed by atoms with E-state index in [-0.39, 0.29) is 11.6 Å². The molecule has 1 aromatic heterocycles. The lowest BCUT2D eigenvalue weighted by Gasteiger charge is -2.13. The zero-order chi connectivity index (χ0) is 18.7. The molecule has 0 unspecified atom stereocenters. The molecule has 0 aliphatic rings. The SMILES string of the molecule is CCNC(=O)c1nnc2c(-c3cc(OC)ccc3OC)cccc2c1N. The van der Waals surface area contributed by atoms with Gasteiger partial charge in [-0.25, -0.2) is 0 Å². The molecule has 3 N–H and O–H groups in total. The summed E-state index contributed by atoms with van der Waals surface area (Å²) < 4.78 is 10.8. The van der Waals surface area contributed by atoms with Crippen LogP contribution in [0.5, 0.6) is 11.5 Å². The molecular weight excluding hydrogens is 332 g/mol. The van der Waals surface area contributed by atoms with Crippen LogP contribution in [-0.2, 0) is 0 Å². The van der Waals surface area contributed by atoms with Crippen molar-refractivity contribution in [3.63, 3.8) is 0 Å². The highest BCUT2D eigenvalue weighted by atomic mass is 16.5. The summed E-state index contributed by atoms with van der Waals surface area (Å²) in [6.07, 6.45) is 0. The Bertz CT molecular complexity index is 972. The van der Waals surface area contributed by atoms with E-state index in [0.717, 1.165) is 11.1 Å². The number of benzene rings is 2. The number of methoxy groups -OCH3 is 2. The van der Waals surface area contributed by atoms with Crippen LogP contribution in [0, 0.1) is 0 Å². The summed E-state index contributed by atoms with van der Waals surface area (Å²) in [5.74, 6) is 1.02. The van der Waals surface area contributed by atoms with Crippen LogP contribution in [0.2, 0.25) is 0 Å².